The highest BCUT2D eigenvalue weighted by Crippen LogP contribution is 2.23. The molecule has 1 N–H and O–H groups in total. The number of amides is 1. The van der Waals surface area contributed by atoms with Crippen LogP contribution in [0.1, 0.15) is 45.4 Å². The van der Waals surface area contributed by atoms with Gasteiger partial charge in [0.1, 0.15) is 11.4 Å². The van der Waals surface area contributed by atoms with E-state index in [4.69, 9.17) is 4.74 Å². The maximum atomic E-state index is 12.2. The number of carbonyl (C=O) groups is 1. The normalized spacial score (nSPS) is 17.4. The van der Waals surface area contributed by atoms with Crippen molar-refractivity contribution in [3.8, 4) is 0 Å². The molecule has 0 aromatic carbocycles. The average Bonchev–Trinajstić information content (AvgIpc) is 2.42. The summed E-state index contributed by atoms with van der Waals surface area (Å²) in [4.78, 5) is 18.5. The van der Waals surface area contributed by atoms with Crippen LogP contribution in [0.5, 0.6) is 0 Å². The Balaban J connectivity index is 1.99. The van der Waals surface area contributed by atoms with Gasteiger partial charge in [-0.3, -0.25) is 0 Å². The highest BCUT2D eigenvalue weighted by molar-refractivity contribution is 5.68. The number of carbonyl (C=O) groups excluding carboxylic acids is 1. The predicted molar refractivity (Wildman–Crippen MR) is 88.2 cm³/mol. The number of nitrogens with zero attached hydrogens (tertiary/aromatic N) is 2. The maximum absolute atomic E-state index is 12.2. The van der Waals surface area contributed by atoms with Gasteiger partial charge in [-0.1, -0.05) is 6.07 Å². The molecule has 1 amide bonds. The van der Waals surface area contributed by atoms with Crippen LogP contribution < -0.4 is 5.32 Å². The van der Waals surface area contributed by atoms with E-state index in [1.807, 2.05) is 40.7 Å². The lowest BCUT2D eigenvalue weighted by Crippen LogP contribution is -2.44. The topological polar surface area (TPSA) is 54.5 Å². The summed E-state index contributed by atoms with van der Waals surface area (Å²) in [5, 5.41) is 3.46. The molecule has 0 spiro atoms. The lowest BCUT2D eigenvalue weighted by Gasteiger charge is -2.32. The Morgan fingerprint density at radius 3 is 2.82 bits per heavy atom. The van der Waals surface area contributed by atoms with Gasteiger partial charge in [0, 0.05) is 24.8 Å². The van der Waals surface area contributed by atoms with Gasteiger partial charge in [0.15, 0.2) is 0 Å². The molecule has 5 heteroatoms. The molecule has 5 nitrogen and oxygen atoms in total. The van der Waals surface area contributed by atoms with Gasteiger partial charge >= 0.3 is 6.09 Å². The van der Waals surface area contributed by atoms with Crippen molar-refractivity contribution in [2.24, 2.45) is 0 Å². The van der Waals surface area contributed by atoms with Crippen molar-refractivity contribution in [3.63, 3.8) is 0 Å². The Labute approximate surface area is 133 Å². The third-order valence-corrected chi connectivity index (χ3v) is 3.70. The minimum absolute atomic E-state index is 0.217. The van der Waals surface area contributed by atoms with Crippen LogP contribution in [-0.2, 0) is 11.2 Å². The van der Waals surface area contributed by atoms with Gasteiger partial charge in [-0.15, -0.1) is 0 Å². The summed E-state index contributed by atoms with van der Waals surface area (Å²) in [5.74, 6) is 0.955. The van der Waals surface area contributed by atoms with Crippen molar-refractivity contribution < 1.29 is 9.53 Å². The smallest absolute Gasteiger partial charge is 0.410 e. The van der Waals surface area contributed by atoms with Crippen molar-refractivity contribution in [3.05, 3.63) is 23.4 Å². The predicted octanol–water partition coefficient (Wildman–Crippen LogP) is 3.37. The van der Waals surface area contributed by atoms with Crippen molar-refractivity contribution in [2.75, 3.05) is 18.4 Å². The van der Waals surface area contributed by atoms with E-state index in [9.17, 15) is 4.79 Å². The molecule has 1 aliphatic heterocycles. The third-order valence-electron chi connectivity index (χ3n) is 3.70. The first-order valence-electron chi connectivity index (χ1n) is 7.99. The van der Waals surface area contributed by atoms with Gasteiger partial charge in [0.05, 0.1) is 0 Å². The van der Waals surface area contributed by atoms with Crippen molar-refractivity contribution >= 4 is 11.9 Å². The molecule has 2 rings (SSSR count). The number of fused-ring (bicyclic) bond motifs is 1. The van der Waals surface area contributed by atoms with Crippen molar-refractivity contribution in [1.82, 2.24) is 9.88 Å². The van der Waals surface area contributed by atoms with E-state index in [2.05, 4.69) is 16.4 Å². The van der Waals surface area contributed by atoms with Crippen LogP contribution in [0.25, 0.3) is 0 Å². The van der Waals surface area contributed by atoms with Gasteiger partial charge in [0.2, 0.25) is 0 Å². The molecule has 0 saturated heterocycles. The average molecular weight is 305 g/mol. The van der Waals surface area contributed by atoms with Crippen LogP contribution in [0.15, 0.2) is 12.1 Å². The Kier molecular flexibility index (Phi) is 4.94. The molecule has 1 aromatic heterocycles. The lowest BCUT2D eigenvalue weighted by atomic mass is 10.0. The zero-order valence-corrected chi connectivity index (χ0v) is 14.3. The van der Waals surface area contributed by atoms with Crippen LogP contribution in [0.4, 0.5) is 10.6 Å². The number of hydrogen-bond donors (Lipinski definition) is 1. The van der Waals surface area contributed by atoms with E-state index in [0.29, 0.717) is 13.1 Å². The second-order valence-corrected chi connectivity index (χ2v) is 6.86. The molecule has 0 radical (unpaired) electrons. The molecule has 22 heavy (non-hydrogen) atoms. The Morgan fingerprint density at radius 1 is 1.45 bits per heavy atom. The van der Waals surface area contributed by atoms with Crippen molar-refractivity contribution in [1.29, 1.82) is 0 Å². The van der Waals surface area contributed by atoms with Crippen LogP contribution in [0.3, 0.4) is 0 Å². The number of ether oxygens (including phenoxy) is 1. The van der Waals surface area contributed by atoms with E-state index in [-0.39, 0.29) is 12.1 Å². The molecule has 2 heterocycles. The van der Waals surface area contributed by atoms with E-state index in [1.165, 1.54) is 5.56 Å². The SMILES string of the molecule is CCN(C[C@H]1CCc2ccc(C)nc2N1)C(=O)OC(C)(C)C. The fraction of sp³-hybridized carbons (Fsp3) is 0.647. The number of anilines is 1. The van der Waals surface area contributed by atoms with E-state index in [1.54, 1.807) is 4.90 Å². The van der Waals surface area contributed by atoms with Gasteiger partial charge in [-0.25, -0.2) is 9.78 Å². The zero-order chi connectivity index (χ0) is 16.3. The summed E-state index contributed by atoms with van der Waals surface area (Å²) in [5.41, 5.74) is 1.80. The number of rotatable bonds is 3. The van der Waals surface area contributed by atoms with E-state index >= 15 is 0 Å². The number of hydrogen-bond acceptors (Lipinski definition) is 4. The van der Waals surface area contributed by atoms with Crippen LogP contribution in [-0.4, -0.2) is 40.7 Å². The molecule has 0 unspecified atom stereocenters. The molecule has 1 aromatic rings. The summed E-state index contributed by atoms with van der Waals surface area (Å²) in [6.45, 7) is 10.9. The maximum Gasteiger partial charge on any atom is 0.410 e. The first-order chi connectivity index (χ1) is 10.3. The lowest BCUT2D eigenvalue weighted by molar-refractivity contribution is 0.0251. The van der Waals surface area contributed by atoms with Gasteiger partial charge < -0.3 is 15.0 Å². The van der Waals surface area contributed by atoms with Crippen LogP contribution in [0.2, 0.25) is 0 Å². The molecule has 1 aliphatic rings. The Hall–Kier alpha value is -1.78. The summed E-state index contributed by atoms with van der Waals surface area (Å²) >= 11 is 0. The highest BCUT2D eigenvalue weighted by Gasteiger charge is 2.26. The number of nitrogens with one attached hydrogen (secondary N) is 1. The highest BCUT2D eigenvalue weighted by atomic mass is 16.6. The fourth-order valence-electron chi connectivity index (χ4n) is 2.57. The summed E-state index contributed by atoms with van der Waals surface area (Å²) < 4.78 is 5.46. The first kappa shape index (κ1) is 16.6. The molecule has 0 saturated carbocycles. The van der Waals surface area contributed by atoms with Crippen LogP contribution >= 0.6 is 0 Å². The molecular weight excluding hydrogens is 278 g/mol. The van der Waals surface area contributed by atoms with Gasteiger partial charge in [0.25, 0.3) is 0 Å². The third kappa shape index (κ3) is 4.36. The molecule has 0 aliphatic carbocycles. The van der Waals surface area contributed by atoms with Gasteiger partial charge in [-0.05, 0) is 59.1 Å². The quantitative estimate of drug-likeness (QED) is 0.930. The molecule has 0 bridgehead atoms. The largest absolute Gasteiger partial charge is 0.444 e. The van der Waals surface area contributed by atoms with E-state index in [0.717, 1.165) is 24.4 Å². The summed E-state index contributed by atoms with van der Waals surface area (Å²) in [7, 11) is 0. The minimum atomic E-state index is -0.463. The number of aryl methyl sites for hydroxylation is 2. The number of pyridine rings is 1. The fourth-order valence-corrected chi connectivity index (χ4v) is 2.57. The second kappa shape index (κ2) is 6.55. The standard InChI is InChI=1S/C17H27N3O2/c1-6-20(16(21)22-17(3,4)5)11-14-10-9-13-8-7-12(2)18-15(13)19-14/h7-8,14H,6,9-11H2,1-5H3,(H,18,19)/t14-/m1/s1. The van der Waals surface area contributed by atoms with E-state index < -0.39 is 5.60 Å². The van der Waals surface area contributed by atoms with Gasteiger partial charge in [-0.2, -0.15) is 0 Å². The molecule has 0 fully saturated rings. The Bertz CT molecular complexity index is 537. The first-order valence-corrected chi connectivity index (χ1v) is 7.99. The van der Waals surface area contributed by atoms with Crippen LogP contribution in [0, 0.1) is 6.92 Å². The molecular formula is C17H27N3O2. The Morgan fingerprint density at radius 2 is 2.18 bits per heavy atom. The number of aromatic nitrogens is 1. The minimum Gasteiger partial charge on any atom is -0.444 e. The monoisotopic (exact) mass is 305 g/mol. The summed E-state index contributed by atoms with van der Waals surface area (Å²) in [6.07, 6.45) is 1.74. The van der Waals surface area contributed by atoms with Crippen molar-refractivity contribution in [2.45, 2.75) is 59.1 Å². The zero-order valence-electron chi connectivity index (χ0n) is 14.3. The second-order valence-electron chi connectivity index (χ2n) is 6.86. The number of likely N-dealkylation sites (N-methyl/N-ethyl adjacent to an activating group) is 1. The molecule has 1 atom stereocenters. The summed E-state index contributed by atoms with van der Waals surface area (Å²) in [6, 6.07) is 4.39. The molecule has 122 valence electrons.